The molecule has 0 amide bonds. The van der Waals surface area contributed by atoms with Gasteiger partial charge in [0.25, 0.3) is 0 Å². The highest BCUT2D eigenvalue weighted by Gasteiger charge is 2.24. The van der Waals surface area contributed by atoms with Gasteiger partial charge in [-0.05, 0) is 37.9 Å². The lowest BCUT2D eigenvalue weighted by Gasteiger charge is -2.28. The van der Waals surface area contributed by atoms with Crippen LogP contribution >= 0.6 is 11.8 Å². The lowest BCUT2D eigenvalue weighted by Crippen LogP contribution is -2.35. The van der Waals surface area contributed by atoms with Gasteiger partial charge < -0.3 is 4.90 Å². The fraction of sp³-hybridized carbons (Fsp3) is 0.600. The van der Waals surface area contributed by atoms with E-state index in [1.54, 1.807) is 5.56 Å². The summed E-state index contributed by atoms with van der Waals surface area (Å²) in [5.41, 5.74) is 1.54. The number of benzene rings is 1. The zero-order chi connectivity index (χ0) is 12.3. The van der Waals surface area contributed by atoms with Crippen molar-refractivity contribution < 1.29 is 0 Å². The molecule has 0 bridgehead atoms. The van der Waals surface area contributed by atoms with Crippen molar-refractivity contribution in [3.8, 4) is 0 Å². The first-order valence-electron chi connectivity index (χ1n) is 6.69. The molecule has 0 N–H and O–H groups in total. The van der Waals surface area contributed by atoms with Crippen molar-refractivity contribution in [2.24, 2.45) is 0 Å². The standard InChI is InChI=1S/C15H23NS/c1-4-13(5-2)16(3)11-14-10-12-8-6-7-9-15(12)17-14/h6-9,13-14H,4-5,10-11H2,1-3H3. The van der Waals surface area contributed by atoms with Crippen molar-refractivity contribution in [1.82, 2.24) is 4.90 Å². The maximum atomic E-state index is 2.55. The summed E-state index contributed by atoms with van der Waals surface area (Å²) >= 11 is 2.06. The van der Waals surface area contributed by atoms with Gasteiger partial charge in [-0.3, -0.25) is 0 Å². The topological polar surface area (TPSA) is 3.24 Å². The normalized spacial score (nSPS) is 19.0. The van der Waals surface area contributed by atoms with Gasteiger partial charge in [-0.15, -0.1) is 11.8 Å². The summed E-state index contributed by atoms with van der Waals surface area (Å²) in [5.74, 6) is 0. The van der Waals surface area contributed by atoms with Gasteiger partial charge in [0, 0.05) is 22.7 Å². The second kappa shape index (κ2) is 5.92. The van der Waals surface area contributed by atoms with E-state index in [4.69, 9.17) is 0 Å². The van der Waals surface area contributed by atoms with Crippen LogP contribution in [0.25, 0.3) is 0 Å². The van der Waals surface area contributed by atoms with Crippen molar-refractivity contribution in [2.45, 2.75) is 49.3 Å². The van der Waals surface area contributed by atoms with E-state index < -0.39 is 0 Å². The molecule has 17 heavy (non-hydrogen) atoms. The second-order valence-corrected chi connectivity index (χ2v) is 6.30. The van der Waals surface area contributed by atoms with Gasteiger partial charge in [-0.25, -0.2) is 0 Å². The second-order valence-electron chi connectivity index (χ2n) is 4.96. The molecule has 1 aliphatic heterocycles. The summed E-state index contributed by atoms with van der Waals surface area (Å²) in [6.07, 6.45) is 3.76. The molecule has 1 aliphatic rings. The van der Waals surface area contributed by atoms with E-state index in [0.717, 1.165) is 11.3 Å². The lowest BCUT2D eigenvalue weighted by molar-refractivity contribution is 0.231. The summed E-state index contributed by atoms with van der Waals surface area (Å²) in [6, 6.07) is 9.60. The van der Waals surface area contributed by atoms with Crippen molar-refractivity contribution >= 4 is 11.8 Å². The Balaban J connectivity index is 1.91. The summed E-state index contributed by atoms with van der Waals surface area (Å²) < 4.78 is 0. The first-order chi connectivity index (χ1) is 8.24. The highest BCUT2D eigenvalue weighted by molar-refractivity contribution is 8.00. The zero-order valence-corrected chi connectivity index (χ0v) is 12.0. The predicted octanol–water partition coefficient (Wildman–Crippen LogP) is 3.82. The van der Waals surface area contributed by atoms with E-state index in [0.29, 0.717) is 0 Å². The van der Waals surface area contributed by atoms with Crippen LogP contribution in [0.3, 0.4) is 0 Å². The molecule has 2 heteroatoms. The molecule has 1 unspecified atom stereocenters. The lowest BCUT2D eigenvalue weighted by atomic mass is 10.1. The molecule has 0 aromatic heterocycles. The van der Waals surface area contributed by atoms with E-state index in [9.17, 15) is 0 Å². The maximum absolute atomic E-state index is 2.55. The Morgan fingerprint density at radius 2 is 2.00 bits per heavy atom. The zero-order valence-electron chi connectivity index (χ0n) is 11.1. The van der Waals surface area contributed by atoms with Crippen LogP contribution in [0.2, 0.25) is 0 Å². The number of hydrogen-bond donors (Lipinski definition) is 0. The van der Waals surface area contributed by atoms with Gasteiger partial charge >= 0.3 is 0 Å². The number of hydrogen-bond acceptors (Lipinski definition) is 2. The molecule has 1 atom stereocenters. The fourth-order valence-electron chi connectivity index (χ4n) is 2.74. The fourth-order valence-corrected chi connectivity index (χ4v) is 4.13. The number of rotatable bonds is 5. The third-order valence-electron chi connectivity index (χ3n) is 3.77. The van der Waals surface area contributed by atoms with Gasteiger partial charge in [0.05, 0.1) is 0 Å². The molecule has 1 aromatic rings. The highest BCUT2D eigenvalue weighted by Crippen LogP contribution is 2.37. The third-order valence-corrected chi connectivity index (χ3v) is 5.07. The minimum atomic E-state index is 0.748. The van der Waals surface area contributed by atoms with Crippen LogP contribution in [0.4, 0.5) is 0 Å². The molecule has 0 aliphatic carbocycles. The summed E-state index contributed by atoms with van der Waals surface area (Å²) in [5, 5.41) is 0.748. The molecule has 2 rings (SSSR count). The smallest absolute Gasteiger partial charge is 0.0263 e. The first-order valence-corrected chi connectivity index (χ1v) is 7.57. The number of thioether (sulfide) groups is 1. The van der Waals surface area contributed by atoms with Crippen LogP contribution in [0, 0.1) is 0 Å². The van der Waals surface area contributed by atoms with Crippen LogP contribution < -0.4 is 0 Å². The molecular formula is C15H23NS. The van der Waals surface area contributed by atoms with Gasteiger partial charge in [0.15, 0.2) is 0 Å². The van der Waals surface area contributed by atoms with Gasteiger partial charge in [-0.2, -0.15) is 0 Å². The highest BCUT2D eigenvalue weighted by atomic mass is 32.2. The first kappa shape index (κ1) is 13.0. The van der Waals surface area contributed by atoms with Crippen LogP contribution in [0.1, 0.15) is 32.3 Å². The minimum Gasteiger partial charge on any atom is -0.302 e. The Bertz CT molecular complexity index is 335. The van der Waals surface area contributed by atoms with Crippen molar-refractivity contribution in [3.05, 3.63) is 29.8 Å². The monoisotopic (exact) mass is 249 g/mol. The summed E-state index contributed by atoms with van der Waals surface area (Å²) in [6.45, 7) is 5.80. The number of fused-ring (bicyclic) bond motifs is 1. The Morgan fingerprint density at radius 1 is 1.29 bits per heavy atom. The maximum Gasteiger partial charge on any atom is 0.0263 e. The molecule has 0 saturated heterocycles. The van der Waals surface area contributed by atoms with Crippen LogP contribution in [-0.2, 0) is 6.42 Å². The average Bonchev–Trinajstić information content (AvgIpc) is 2.72. The van der Waals surface area contributed by atoms with E-state index in [1.165, 1.54) is 30.7 Å². The van der Waals surface area contributed by atoms with Crippen LogP contribution in [-0.4, -0.2) is 29.8 Å². The largest absolute Gasteiger partial charge is 0.302 e. The predicted molar refractivity (Wildman–Crippen MR) is 76.8 cm³/mol. The SMILES string of the molecule is CCC(CC)N(C)CC1Cc2ccccc2S1. The van der Waals surface area contributed by atoms with Crippen LogP contribution in [0.15, 0.2) is 29.2 Å². The molecule has 1 heterocycles. The molecule has 94 valence electrons. The quantitative estimate of drug-likeness (QED) is 0.780. The van der Waals surface area contributed by atoms with Crippen molar-refractivity contribution in [2.75, 3.05) is 13.6 Å². The van der Waals surface area contributed by atoms with E-state index >= 15 is 0 Å². The molecule has 1 nitrogen and oxygen atoms in total. The molecule has 0 fully saturated rings. The van der Waals surface area contributed by atoms with Crippen molar-refractivity contribution in [3.63, 3.8) is 0 Å². The van der Waals surface area contributed by atoms with E-state index in [2.05, 4.69) is 61.8 Å². The Morgan fingerprint density at radius 3 is 2.65 bits per heavy atom. The molecule has 1 aromatic carbocycles. The Kier molecular flexibility index (Phi) is 4.52. The van der Waals surface area contributed by atoms with Crippen LogP contribution in [0.5, 0.6) is 0 Å². The number of nitrogens with zero attached hydrogens (tertiary/aromatic N) is 1. The van der Waals surface area contributed by atoms with E-state index in [-0.39, 0.29) is 0 Å². The molecule has 0 spiro atoms. The van der Waals surface area contributed by atoms with Gasteiger partial charge in [0.1, 0.15) is 0 Å². The van der Waals surface area contributed by atoms with Gasteiger partial charge in [-0.1, -0.05) is 32.0 Å². The summed E-state index contributed by atoms with van der Waals surface area (Å²) in [7, 11) is 2.28. The average molecular weight is 249 g/mol. The third kappa shape index (κ3) is 3.05. The molecular weight excluding hydrogens is 226 g/mol. The minimum absolute atomic E-state index is 0.748. The summed E-state index contributed by atoms with van der Waals surface area (Å²) in [4.78, 5) is 4.04. The van der Waals surface area contributed by atoms with E-state index in [1.807, 2.05) is 0 Å². The Hall–Kier alpha value is -0.470. The van der Waals surface area contributed by atoms with Crippen molar-refractivity contribution in [1.29, 1.82) is 0 Å². The molecule has 0 radical (unpaired) electrons. The molecule has 0 saturated carbocycles. The Labute approximate surface area is 110 Å². The van der Waals surface area contributed by atoms with Gasteiger partial charge in [0.2, 0.25) is 0 Å².